The average Bonchev–Trinajstić information content (AvgIpc) is 2.79. The van der Waals surface area contributed by atoms with Crippen molar-refractivity contribution >= 4 is 11.6 Å². The van der Waals surface area contributed by atoms with E-state index in [1.165, 1.54) is 23.4 Å². The van der Waals surface area contributed by atoms with Gasteiger partial charge in [-0.1, -0.05) is 12.1 Å². The Labute approximate surface area is 186 Å². The predicted molar refractivity (Wildman–Crippen MR) is 117 cm³/mol. The minimum absolute atomic E-state index is 0.0326. The molecule has 2 aromatic rings. The van der Waals surface area contributed by atoms with Gasteiger partial charge in [-0.2, -0.15) is 13.2 Å². The summed E-state index contributed by atoms with van der Waals surface area (Å²) in [5.74, 6) is -0.380. The zero-order valence-corrected chi connectivity index (χ0v) is 18.1. The Kier molecular flexibility index (Phi) is 6.71. The molecule has 1 amide bonds. The molecule has 172 valence electrons. The van der Waals surface area contributed by atoms with E-state index in [1.807, 2.05) is 0 Å². The second-order valence-corrected chi connectivity index (χ2v) is 8.36. The third kappa shape index (κ3) is 5.07. The lowest BCUT2D eigenvalue weighted by Crippen LogP contribution is -2.44. The molecule has 2 heterocycles. The van der Waals surface area contributed by atoms with Crippen molar-refractivity contribution in [2.45, 2.75) is 25.1 Å². The van der Waals surface area contributed by atoms with Gasteiger partial charge in [0.15, 0.2) is 0 Å². The van der Waals surface area contributed by atoms with Crippen LogP contribution in [0.4, 0.5) is 18.9 Å². The molecule has 0 saturated carbocycles. The van der Waals surface area contributed by atoms with Crippen LogP contribution in [0, 0.1) is 0 Å². The van der Waals surface area contributed by atoms with E-state index < -0.39 is 11.7 Å². The van der Waals surface area contributed by atoms with Crippen LogP contribution in [0.3, 0.4) is 0 Å². The minimum atomic E-state index is -4.42. The quantitative estimate of drug-likeness (QED) is 0.756. The number of anilines is 1. The van der Waals surface area contributed by atoms with Crippen molar-refractivity contribution in [3.8, 4) is 0 Å². The largest absolute Gasteiger partial charge is 0.416 e. The summed E-state index contributed by atoms with van der Waals surface area (Å²) in [7, 11) is 2.10. The number of hydrogen-bond acceptors (Lipinski definition) is 4. The molecule has 2 aromatic carbocycles. The number of benzene rings is 2. The molecular formula is C24H28F3N3O2. The van der Waals surface area contributed by atoms with Crippen molar-refractivity contribution < 1.29 is 22.7 Å². The molecule has 1 N–H and O–H groups in total. The van der Waals surface area contributed by atoms with Crippen LogP contribution in [0.25, 0.3) is 0 Å². The zero-order chi connectivity index (χ0) is 22.7. The number of ether oxygens (including phenoxy) is 1. The summed E-state index contributed by atoms with van der Waals surface area (Å²) < 4.78 is 43.9. The van der Waals surface area contributed by atoms with Crippen LogP contribution in [-0.2, 0) is 17.3 Å². The second kappa shape index (κ2) is 9.50. The monoisotopic (exact) mass is 447 g/mol. The highest BCUT2D eigenvalue weighted by Crippen LogP contribution is 2.31. The van der Waals surface area contributed by atoms with Gasteiger partial charge in [0.25, 0.3) is 5.91 Å². The first-order valence-electron chi connectivity index (χ1n) is 10.9. The number of carbonyl (C=O) groups is 1. The molecule has 1 fully saturated rings. The molecule has 0 aromatic heterocycles. The van der Waals surface area contributed by atoms with Gasteiger partial charge >= 0.3 is 6.18 Å². The van der Waals surface area contributed by atoms with Crippen molar-refractivity contribution in [3.63, 3.8) is 0 Å². The van der Waals surface area contributed by atoms with Gasteiger partial charge in [-0.25, -0.2) is 0 Å². The first kappa shape index (κ1) is 22.6. The number of nitrogens with one attached hydrogen (secondary N) is 1. The maximum Gasteiger partial charge on any atom is 0.416 e. The molecule has 0 unspecified atom stereocenters. The number of halogens is 3. The Bertz CT molecular complexity index is 940. The maximum absolute atomic E-state index is 12.8. The van der Waals surface area contributed by atoms with E-state index in [9.17, 15) is 18.0 Å². The second-order valence-electron chi connectivity index (χ2n) is 8.36. The molecular weight excluding hydrogens is 419 g/mol. The molecule has 8 heteroatoms. The highest BCUT2D eigenvalue weighted by Gasteiger charge is 2.30. The van der Waals surface area contributed by atoms with Gasteiger partial charge in [-0.3, -0.25) is 9.69 Å². The highest BCUT2D eigenvalue weighted by atomic mass is 19.4. The van der Waals surface area contributed by atoms with Crippen molar-refractivity contribution in [3.05, 3.63) is 64.7 Å². The van der Waals surface area contributed by atoms with Crippen molar-refractivity contribution in [2.75, 3.05) is 51.3 Å². The molecule has 0 radical (unpaired) electrons. The average molecular weight is 448 g/mol. The Balaban J connectivity index is 1.51. The van der Waals surface area contributed by atoms with E-state index in [0.29, 0.717) is 19.8 Å². The number of aryl methyl sites for hydroxylation is 1. The van der Waals surface area contributed by atoms with Crippen LogP contribution >= 0.6 is 0 Å². The summed E-state index contributed by atoms with van der Waals surface area (Å²) in [6, 6.07) is 10.8. The van der Waals surface area contributed by atoms with Crippen LogP contribution < -0.4 is 10.2 Å². The number of morpholine rings is 1. The molecule has 2 aliphatic heterocycles. The van der Waals surface area contributed by atoms with Crippen LogP contribution in [0.5, 0.6) is 0 Å². The number of fused-ring (bicyclic) bond motifs is 1. The maximum atomic E-state index is 12.8. The fourth-order valence-electron chi connectivity index (χ4n) is 4.46. The molecule has 5 nitrogen and oxygen atoms in total. The Hall–Kier alpha value is -2.58. The van der Waals surface area contributed by atoms with Crippen LogP contribution in [0.1, 0.15) is 39.5 Å². The number of alkyl halides is 3. The lowest BCUT2D eigenvalue weighted by molar-refractivity contribution is -0.137. The normalized spacial score (nSPS) is 18.2. The summed E-state index contributed by atoms with van der Waals surface area (Å²) in [5, 5.41) is 2.93. The van der Waals surface area contributed by atoms with E-state index in [4.69, 9.17) is 4.74 Å². The minimum Gasteiger partial charge on any atom is -0.379 e. The molecule has 4 rings (SSSR count). The first-order chi connectivity index (χ1) is 15.3. The van der Waals surface area contributed by atoms with Gasteiger partial charge < -0.3 is 15.0 Å². The Morgan fingerprint density at radius 1 is 1.09 bits per heavy atom. The van der Waals surface area contributed by atoms with Gasteiger partial charge in [0.2, 0.25) is 0 Å². The van der Waals surface area contributed by atoms with E-state index >= 15 is 0 Å². The van der Waals surface area contributed by atoms with Crippen molar-refractivity contribution in [1.82, 2.24) is 10.2 Å². The smallest absolute Gasteiger partial charge is 0.379 e. The number of rotatable bonds is 5. The van der Waals surface area contributed by atoms with Crippen LogP contribution in [-0.4, -0.2) is 57.2 Å². The lowest BCUT2D eigenvalue weighted by Gasteiger charge is -2.36. The molecule has 0 aliphatic carbocycles. The predicted octanol–water partition coefficient (Wildman–Crippen LogP) is 3.89. The highest BCUT2D eigenvalue weighted by molar-refractivity contribution is 5.94. The summed E-state index contributed by atoms with van der Waals surface area (Å²) >= 11 is 0. The Morgan fingerprint density at radius 3 is 2.50 bits per heavy atom. The van der Waals surface area contributed by atoms with E-state index in [-0.39, 0.29) is 17.5 Å². The molecule has 0 bridgehead atoms. The fourth-order valence-corrected chi connectivity index (χ4v) is 4.46. The van der Waals surface area contributed by atoms with Gasteiger partial charge in [0.1, 0.15) is 0 Å². The van der Waals surface area contributed by atoms with E-state index in [2.05, 4.69) is 40.4 Å². The topological polar surface area (TPSA) is 44.8 Å². The molecule has 2 aliphatic rings. The van der Waals surface area contributed by atoms with Crippen molar-refractivity contribution in [1.29, 1.82) is 0 Å². The third-order valence-corrected chi connectivity index (χ3v) is 6.26. The number of hydrogen-bond donors (Lipinski definition) is 1. The number of amides is 1. The molecule has 1 atom stereocenters. The van der Waals surface area contributed by atoms with Crippen molar-refractivity contribution in [2.24, 2.45) is 0 Å². The Morgan fingerprint density at radius 2 is 1.81 bits per heavy atom. The molecule has 0 spiro atoms. The standard InChI is InChI=1S/C24H28F3N3O2/c1-29-10-2-3-18-15-19(6-9-21(18)29)22(30-11-13-32-14-12-30)16-28-23(31)17-4-7-20(8-5-17)24(25,26)27/h4-9,15,22H,2-3,10-14,16H2,1H3,(H,28,31)/t22-/m1/s1. The summed E-state index contributed by atoms with van der Waals surface area (Å²) in [6.07, 6.45) is -2.28. The molecule has 1 saturated heterocycles. The SMILES string of the molecule is CN1CCCc2cc([C@@H](CNC(=O)c3ccc(C(F)(F)F)cc3)N3CCOCC3)ccc21. The summed E-state index contributed by atoms with van der Waals surface area (Å²) in [6.45, 7) is 4.21. The van der Waals surface area contributed by atoms with Gasteiger partial charge in [-0.05, 0) is 54.3 Å². The lowest BCUT2D eigenvalue weighted by atomic mass is 9.95. The van der Waals surface area contributed by atoms with Crippen LogP contribution in [0.2, 0.25) is 0 Å². The number of nitrogens with zero attached hydrogens (tertiary/aromatic N) is 2. The fraction of sp³-hybridized carbons (Fsp3) is 0.458. The van der Waals surface area contributed by atoms with E-state index in [1.54, 1.807) is 0 Å². The number of carbonyl (C=O) groups excluding carboxylic acids is 1. The summed E-state index contributed by atoms with van der Waals surface area (Å²) in [4.78, 5) is 17.2. The zero-order valence-electron chi connectivity index (χ0n) is 18.1. The summed E-state index contributed by atoms with van der Waals surface area (Å²) in [5.41, 5.74) is 3.14. The van der Waals surface area contributed by atoms with Gasteiger partial charge in [0, 0.05) is 44.5 Å². The van der Waals surface area contributed by atoms with Crippen LogP contribution in [0.15, 0.2) is 42.5 Å². The van der Waals surface area contributed by atoms with Gasteiger partial charge in [0.05, 0.1) is 24.8 Å². The third-order valence-electron chi connectivity index (χ3n) is 6.26. The van der Waals surface area contributed by atoms with Gasteiger partial charge in [-0.15, -0.1) is 0 Å². The van der Waals surface area contributed by atoms with E-state index in [0.717, 1.165) is 50.2 Å². The first-order valence-corrected chi connectivity index (χ1v) is 10.9. The molecule has 32 heavy (non-hydrogen) atoms.